The van der Waals surface area contributed by atoms with Crippen LogP contribution in [0.1, 0.15) is 63.5 Å². The van der Waals surface area contributed by atoms with Crippen LogP contribution < -0.4 is 9.47 Å². The Hall–Kier alpha value is -3.33. The highest BCUT2D eigenvalue weighted by Crippen LogP contribution is 2.31. The first kappa shape index (κ1) is 23.9. The fourth-order valence-corrected chi connectivity index (χ4v) is 3.18. The van der Waals surface area contributed by atoms with Crippen molar-refractivity contribution < 1.29 is 14.4 Å². The van der Waals surface area contributed by atoms with Crippen molar-refractivity contribution in [2.45, 2.75) is 52.4 Å². The van der Waals surface area contributed by atoms with Crippen LogP contribution in [0.3, 0.4) is 0 Å². The van der Waals surface area contributed by atoms with Crippen LogP contribution in [0, 0.1) is 21.4 Å². The highest BCUT2D eigenvalue weighted by molar-refractivity contribution is 5.90. The molecule has 0 aliphatic heterocycles. The summed E-state index contributed by atoms with van der Waals surface area (Å²) in [5.74, 6) is 1.34. The molecule has 0 saturated carbocycles. The summed E-state index contributed by atoms with van der Waals surface area (Å²) in [7, 11) is 0. The van der Waals surface area contributed by atoms with Gasteiger partial charge in [-0.3, -0.25) is 10.1 Å². The van der Waals surface area contributed by atoms with Gasteiger partial charge in [-0.25, -0.2) is 0 Å². The van der Waals surface area contributed by atoms with E-state index in [1.165, 1.54) is 37.8 Å². The SMILES string of the molecule is CCCCCCCCOc1ccc(C=C(C#N)c2ccc([N+](=O)[O-])cc2)cc1OCC. The van der Waals surface area contributed by atoms with Crippen molar-refractivity contribution in [2.24, 2.45) is 0 Å². The second-order valence-electron chi connectivity index (χ2n) is 7.23. The lowest BCUT2D eigenvalue weighted by molar-refractivity contribution is -0.384. The van der Waals surface area contributed by atoms with E-state index in [4.69, 9.17) is 9.47 Å². The van der Waals surface area contributed by atoms with Crippen molar-refractivity contribution in [1.29, 1.82) is 5.26 Å². The Bertz CT molecular complexity index is 914. The number of hydrogen-bond donors (Lipinski definition) is 0. The standard InChI is InChI=1S/C25H30N2O4/c1-3-5-6-7-8-9-16-31-24-15-10-20(18-25(24)30-4-2)17-22(19-26)21-11-13-23(14-12-21)27(28)29/h10-15,17-18H,3-9,16H2,1-2H3. The predicted molar refractivity (Wildman–Crippen MR) is 123 cm³/mol. The molecular formula is C25H30N2O4. The number of unbranched alkanes of at least 4 members (excludes halogenated alkanes) is 5. The fourth-order valence-electron chi connectivity index (χ4n) is 3.18. The lowest BCUT2D eigenvalue weighted by Crippen LogP contribution is -2.01. The molecule has 0 aromatic heterocycles. The minimum absolute atomic E-state index is 0.00784. The van der Waals surface area contributed by atoms with Gasteiger partial charge in [-0.05, 0) is 54.8 Å². The quantitative estimate of drug-likeness (QED) is 0.116. The van der Waals surface area contributed by atoms with Crippen LogP contribution in [-0.4, -0.2) is 18.1 Å². The smallest absolute Gasteiger partial charge is 0.269 e. The molecule has 2 rings (SSSR count). The van der Waals surface area contributed by atoms with Crippen LogP contribution in [0.25, 0.3) is 11.6 Å². The van der Waals surface area contributed by atoms with Gasteiger partial charge in [0.25, 0.3) is 5.69 Å². The molecule has 0 aliphatic carbocycles. The van der Waals surface area contributed by atoms with Crippen molar-refractivity contribution in [3.63, 3.8) is 0 Å². The Kier molecular flexibility index (Phi) is 10.1. The molecule has 0 radical (unpaired) electrons. The Morgan fingerprint density at radius 2 is 1.71 bits per heavy atom. The number of non-ortho nitro benzene ring substituents is 1. The third-order valence-corrected chi connectivity index (χ3v) is 4.84. The molecule has 0 fully saturated rings. The van der Waals surface area contributed by atoms with Gasteiger partial charge in [0.1, 0.15) is 0 Å². The fraction of sp³-hybridized carbons (Fsp3) is 0.400. The Morgan fingerprint density at radius 1 is 1.00 bits per heavy atom. The van der Waals surface area contributed by atoms with E-state index >= 15 is 0 Å². The lowest BCUT2D eigenvalue weighted by Gasteiger charge is -2.13. The van der Waals surface area contributed by atoms with Gasteiger partial charge in [-0.2, -0.15) is 5.26 Å². The summed E-state index contributed by atoms with van der Waals surface area (Å²) >= 11 is 0. The minimum atomic E-state index is -0.460. The van der Waals surface area contributed by atoms with Crippen molar-refractivity contribution in [3.8, 4) is 17.6 Å². The summed E-state index contributed by atoms with van der Waals surface area (Å²) < 4.78 is 11.7. The highest BCUT2D eigenvalue weighted by atomic mass is 16.6. The minimum Gasteiger partial charge on any atom is -0.490 e. The molecule has 0 N–H and O–H groups in total. The van der Waals surface area contributed by atoms with E-state index in [9.17, 15) is 15.4 Å². The molecule has 0 atom stereocenters. The summed E-state index contributed by atoms with van der Waals surface area (Å²) in [6.45, 7) is 5.28. The molecule has 2 aromatic carbocycles. The first-order valence-electron chi connectivity index (χ1n) is 10.8. The lowest BCUT2D eigenvalue weighted by atomic mass is 10.0. The molecule has 0 saturated heterocycles. The molecule has 0 amide bonds. The zero-order valence-electron chi connectivity index (χ0n) is 18.3. The summed E-state index contributed by atoms with van der Waals surface area (Å²) in [5.41, 5.74) is 1.82. The Morgan fingerprint density at radius 3 is 2.35 bits per heavy atom. The van der Waals surface area contributed by atoms with Crippen LogP contribution in [0.4, 0.5) is 5.69 Å². The summed E-state index contributed by atoms with van der Waals surface area (Å²) in [6, 6.07) is 13.7. The van der Waals surface area contributed by atoms with Gasteiger partial charge >= 0.3 is 0 Å². The van der Waals surface area contributed by atoms with Gasteiger partial charge in [0, 0.05) is 12.1 Å². The number of nitriles is 1. The molecular weight excluding hydrogens is 392 g/mol. The monoisotopic (exact) mass is 422 g/mol. The van der Waals surface area contributed by atoms with E-state index in [1.807, 2.05) is 25.1 Å². The van der Waals surface area contributed by atoms with Crippen LogP contribution in [0.15, 0.2) is 42.5 Å². The molecule has 0 spiro atoms. The summed E-state index contributed by atoms with van der Waals surface area (Å²) in [5, 5.41) is 20.4. The summed E-state index contributed by atoms with van der Waals surface area (Å²) in [4.78, 5) is 10.4. The van der Waals surface area contributed by atoms with E-state index in [2.05, 4.69) is 13.0 Å². The molecule has 6 heteroatoms. The Labute approximate surface area is 184 Å². The van der Waals surface area contributed by atoms with Crippen LogP contribution in [0.2, 0.25) is 0 Å². The maximum atomic E-state index is 10.8. The van der Waals surface area contributed by atoms with E-state index in [1.54, 1.807) is 18.2 Å². The second-order valence-corrected chi connectivity index (χ2v) is 7.23. The number of nitro groups is 1. The van der Waals surface area contributed by atoms with Crippen LogP contribution >= 0.6 is 0 Å². The number of allylic oxidation sites excluding steroid dienone is 1. The van der Waals surface area contributed by atoms with Gasteiger partial charge < -0.3 is 9.47 Å². The largest absolute Gasteiger partial charge is 0.490 e. The summed E-state index contributed by atoms with van der Waals surface area (Å²) in [6.07, 6.45) is 8.95. The molecule has 6 nitrogen and oxygen atoms in total. The second kappa shape index (κ2) is 13.1. The number of rotatable bonds is 13. The molecule has 0 aliphatic rings. The average Bonchev–Trinajstić information content (AvgIpc) is 2.78. The van der Waals surface area contributed by atoms with Gasteiger partial charge in [-0.15, -0.1) is 0 Å². The first-order valence-corrected chi connectivity index (χ1v) is 10.8. The van der Waals surface area contributed by atoms with Crippen molar-refractivity contribution >= 4 is 17.3 Å². The molecule has 164 valence electrons. The van der Waals surface area contributed by atoms with Crippen LogP contribution in [0.5, 0.6) is 11.5 Å². The Balaban J connectivity index is 2.09. The number of nitro benzene ring substituents is 1. The number of hydrogen-bond acceptors (Lipinski definition) is 5. The normalized spacial score (nSPS) is 11.1. The van der Waals surface area contributed by atoms with Gasteiger partial charge in [0.05, 0.1) is 29.8 Å². The number of nitrogens with zero attached hydrogens (tertiary/aromatic N) is 2. The van der Waals surface area contributed by atoms with Crippen LogP contribution in [-0.2, 0) is 0 Å². The van der Waals surface area contributed by atoms with E-state index in [-0.39, 0.29) is 5.69 Å². The average molecular weight is 423 g/mol. The third-order valence-electron chi connectivity index (χ3n) is 4.84. The van der Waals surface area contributed by atoms with Crippen molar-refractivity contribution in [3.05, 3.63) is 63.7 Å². The van der Waals surface area contributed by atoms with E-state index in [0.29, 0.717) is 35.8 Å². The zero-order chi connectivity index (χ0) is 22.5. The van der Waals surface area contributed by atoms with E-state index in [0.717, 1.165) is 18.4 Å². The predicted octanol–water partition coefficient (Wildman–Crippen LogP) is 6.80. The topological polar surface area (TPSA) is 85.4 Å². The van der Waals surface area contributed by atoms with Crippen molar-refractivity contribution in [1.82, 2.24) is 0 Å². The maximum Gasteiger partial charge on any atom is 0.269 e. The molecule has 0 unspecified atom stereocenters. The first-order chi connectivity index (χ1) is 15.1. The molecule has 2 aromatic rings. The molecule has 31 heavy (non-hydrogen) atoms. The molecule has 0 heterocycles. The molecule has 0 bridgehead atoms. The van der Waals surface area contributed by atoms with Gasteiger partial charge in [-0.1, -0.05) is 45.1 Å². The zero-order valence-corrected chi connectivity index (χ0v) is 18.3. The highest BCUT2D eigenvalue weighted by Gasteiger charge is 2.09. The number of benzene rings is 2. The third kappa shape index (κ3) is 7.78. The van der Waals surface area contributed by atoms with Gasteiger partial charge in [0.2, 0.25) is 0 Å². The van der Waals surface area contributed by atoms with Crippen molar-refractivity contribution in [2.75, 3.05) is 13.2 Å². The maximum absolute atomic E-state index is 10.8. The van der Waals surface area contributed by atoms with Gasteiger partial charge in [0.15, 0.2) is 11.5 Å². The number of ether oxygens (including phenoxy) is 2. The van der Waals surface area contributed by atoms with E-state index < -0.39 is 4.92 Å².